The summed E-state index contributed by atoms with van der Waals surface area (Å²) in [7, 11) is -1.27. The SMILES string of the molecule is COCCOCN(C(=O)OC(C)(C)C)C1=NC(CCC(C)CO)(c2ccccc2F)CS(=O)(=O)N1C. The van der Waals surface area contributed by atoms with Crippen LogP contribution in [0.2, 0.25) is 0 Å². The number of aliphatic hydroxyl groups excluding tert-OH is 1. The van der Waals surface area contributed by atoms with E-state index in [0.717, 1.165) is 9.21 Å². The van der Waals surface area contributed by atoms with E-state index in [1.165, 1.54) is 32.4 Å². The van der Waals surface area contributed by atoms with Crippen LogP contribution < -0.4 is 0 Å². The third kappa shape index (κ3) is 7.61. The first-order valence-electron chi connectivity index (χ1n) is 11.8. The summed E-state index contributed by atoms with van der Waals surface area (Å²) in [5.41, 5.74) is -2.33. The molecule has 1 aromatic rings. The van der Waals surface area contributed by atoms with E-state index >= 15 is 4.39 Å². The van der Waals surface area contributed by atoms with Gasteiger partial charge in [-0.1, -0.05) is 25.1 Å². The van der Waals surface area contributed by atoms with Gasteiger partial charge < -0.3 is 19.3 Å². The van der Waals surface area contributed by atoms with Crippen LogP contribution in [0.4, 0.5) is 9.18 Å². The van der Waals surface area contributed by atoms with Crippen molar-refractivity contribution >= 4 is 22.1 Å². The van der Waals surface area contributed by atoms with E-state index in [2.05, 4.69) is 0 Å². The number of guanidine groups is 1. The lowest BCUT2D eigenvalue weighted by Gasteiger charge is -2.41. The van der Waals surface area contributed by atoms with Crippen LogP contribution in [0.25, 0.3) is 0 Å². The van der Waals surface area contributed by atoms with Crippen LogP contribution in [0.3, 0.4) is 0 Å². The number of methoxy groups -OCH3 is 1. The highest BCUT2D eigenvalue weighted by molar-refractivity contribution is 7.89. The number of nitrogens with zero attached hydrogens (tertiary/aromatic N) is 3. The fourth-order valence-corrected chi connectivity index (χ4v) is 5.22. The second kappa shape index (κ2) is 12.3. The lowest BCUT2D eigenvalue weighted by atomic mass is 9.85. The number of ether oxygens (including phenoxy) is 3. The van der Waals surface area contributed by atoms with E-state index in [1.807, 2.05) is 0 Å². The van der Waals surface area contributed by atoms with Crippen molar-refractivity contribution in [2.75, 3.05) is 46.5 Å². The Hall–Kier alpha value is -2.28. The maximum absolute atomic E-state index is 15.1. The Labute approximate surface area is 213 Å². The fourth-order valence-electron chi connectivity index (χ4n) is 3.67. The number of hydrogen-bond acceptors (Lipinski definition) is 8. The minimum Gasteiger partial charge on any atom is -0.443 e. The van der Waals surface area contributed by atoms with Crippen molar-refractivity contribution < 1.29 is 36.9 Å². The fraction of sp³-hybridized carbons (Fsp3) is 0.667. The van der Waals surface area contributed by atoms with Crippen molar-refractivity contribution in [2.24, 2.45) is 10.9 Å². The van der Waals surface area contributed by atoms with Crippen LogP contribution in [0, 0.1) is 11.7 Å². The van der Waals surface area contributed by atoms with Gasteiger partial charge in [-0.15, -0.1) is 0 Å². The van der Waals surface area contributed by atoms with Gasteiger partial charge in [0.2, 0.25) is 16.0 Å². The quantitative estimate of drug-likeness (QED) is 0.364. The van der Waals surface area contributed by atoms with E-state index < -0.39 is 38.8 Å². The molecule has 1 aliphatic rings. The molecule has 0 bridgehead atoms. The molecule has 12 heteroatoms. The molecule has 0 fully saturated rings. The summed E-state index contributed by atoms with van der Waals surface area (Å²) in [5, 5.41) is 9.55. The molecule has 0 saturated heterocycles. The van der Waals surface area contributed by atoms with Gasteiger partial charge >= 0.3 is 6.09 Å². The molecule has 1 amide bonds. The van der Waals surface area contributed by atoms with Gasteiger partial charge in [-0.2, -0.15) is 0 Å². The van der Waals surface area contributed by atoms with Gasteiger partial charge in [-0.25, -0.2) is 31.8 Å². The van der Waals surface area contributed by atoms with Crippen molar-refractivity contribution in [3.8, 4) is 0 Å². The molecule has 36 heavy (non-hydrogen) atoms. The minimum absolute atomic E-state index is 0.0914. The number of carbonyl (C=O) groups excluding carboxylic acids is 1. The summed E-state index contributed by atoms with van der Waals surface area (Å²) in [6.07, 6.45) is -0.370. The summed E-state index contributed by atoms with van der Waals surface area (Å²) in [6.45, 7) is 6.74. The number of amides is 1. The molecule has 0 saturated carbocycles. The first-order valence-corrected chi connectivity index (χ1v) is 13.4. The summed E-state index contributed by atoms with van der Waals surface area (Å²) < 4.78 is 58.9. The number of rotatable bonds is 10. The van der Waals surface area contributed by atoms with Gasteiger partial charge in [-0.3, -0.25) is 0 Å². The smallest absolute Gasteiger partial charge is 0.419 e. The molecule has 0 aromatic heterocycles. The number of halogens is 1. The topological polar surface area (TPSA) is 118 Å². The highest BCUT2D eigenvalue weighted by Crippen LogP contribution is 2.39. The molecule has 2 atom stereocenters. The molecular weight excluding hydrogens is 493 g/mol. The minimum atomic E-state index is -4.05. The van der Waals surface area contributed by atoms with Gasteiger partial charge in [0, 0.05) is 26.3 Å². The van der Waals surface area contributed by atoms with E-state index in [1.54, 1.807) is 33.8 Å². The Morgan fingerprint density at radius 3 is 2.56 bits per heavy atom. The molecule has 1 N–H and O–H groups in total. The number of aliphatic hydroxyl groups is 1. The van der Waals surface area contributed by atoms with E-state index in [4.69, 9.17) is 19.2 Å². The van der Waals surface area contributed by atoms with Crippen molar-refractivity contribution in [2.45, 2.75) is 51.7 Å². The molecule has 204 valence electrons. The van der Waals surface area contributed by atoms with Crippen LogP contribution in [-0.2, 0) is 29.8 Å². The van der Waals surface area contributed by atoms with Crippen molar-refractivity contribution in [3.63, 3.8) is 0 Å². The zero-order chi connectivity index (χ0) is 27.1. The maximum Gasteiger partial charge on any atom is 0.419 e. The van der Waals surface area contributed by atoms with Crippen LogP contribution in [0.1, 0.15) is 46.1 Å². The van der Waals surface area contributed by atoms with Gasteiger partial charge in [-0.05, 0) is 45.6 Å². The average molecular weight is 532 g/mol. The second-order valence-corrected chi connectivity index (χ2v) is 11.9. The number of hydrogen-bond donors (Lipinski definition) is 1. The van der Waals surface area contributed by atoms with Gasteiger partial charge in [0.15, 0.2) is 0 Å². The van der Waals surface area contributed by atoms with Crippen LogP contribution >= 0.6 is 0 Å². The lowest BCUT2D eigenvalue weighted by Crippen LogP contribution is -2.57. The highest BCUT2D eigenvalue weighted by Gasteiger charge is 2.48. The van der Waals surface area contributed by atoms with Gasteiger partial charge in [0.1, 0.15) is 23.7 Å². The normalized spacial score (nSPS) is 20.6. The average Bonchev–Trinajstić information content (AvgIpc) is 2.79. The molecule has 1 aliphatic heterocycles. The highest BCUT2D eigenvalue weighted by atomic mass is 32.2. The molecule has 0 radical (unpaired) electrons. The first kappa shape index (κ1) is 29.9. The zero-order valence-electron chi connectivity index (χ0n) is 21.9. The van der Waals surface area contributed by atoms with Crippen molar-refractivity contribution in [3.05, 3.63) is 35.6 Å². The molecule has 0 spiro atoms. The van der Waals surface area contributed by atoms with Crippen molar-refractivity contribution in [1.29, 1.82) is 0 Å². The Balaban J connectivity index is 2.68. The molecule has 2 rings (SSSR count). The number of sulfonamides is 1. The number of benzene rings is 1. The molecule has 1 heterocycles. The maximum atomic E-state index is 15.1. The Morgan fingerprint density at radius 2 is 1.97 bits per heavy atom. The van der Waals surface area contributed by atoms with Crippen LogP contribution in [0.5, 0.6) is 0 Å². The molecule has 2 unspecified atom stereocenters. The predicted octanol–water partition coefficient (Wildman–Crippen LogP) is 2.92. The molecule has 1 aromatic carbocycles. The van der Waals surface area contributed by atoms with Crippen LogP contribution in [0.15, 0.2) is 29.3 Å². The summed E-state index contributed by atoms with van der Waals surface area (Å²) in [4.78, 5) is 18.9. The third-order valence-electron chi connectivity index (χ3n) is 5.68. The van der Waals surface area contributed by atoms with Crippen molar-refractivity contribution in [1.82, 2.24) is 9.21 Å². The van der Waals surface area contributed by atoms with Crippen LogP contribution in [-0.4, -0.2) is 86.8 Å². The first-order chi connectivity index (χ1) is 16.8. The number of aliphatic imine (C=N–C) groups is 1. The van der Waals surface area contributed by atoms with Gasteiger partial charge in [0.05, 0.1) is 19.0 Å². The predicted molar refractivity (Wildman–Crippen MR) is 133 cm³/mol. The molecule has 0 aliphatic carbocycles. The number of carbonyl (C=O) groups is 1. The lowest BCUT2D eigenvalue weighted by molar-refractivity contribution is -0.00419. The summed E-state index contributed by atoms with van der Waals surface area (Å²) in [6, 6.07) is 5.85. The van der Waals surface area contributed by atoms with E-state index in [9.17, 15) is 18.3 Å². The Kier molecular flexibility index (Phi) is 10.2. The third-order valence-corrected chi connectivity index (χ3v) is 7.52. The molecule has 10 nitrogen and oxygen atoms in total. The van der Waals surface area contributed by atoms with E-state index in [0.29, 0.717) is 6.42 Å². The summed E-state index contributed by atoms with van der Waals surface area (Å²) in [5.74, 6) is -1.54. The Morgan fingerprint density at radius 1 is 1.31 bits per heavy atom. The monoisotopic (exact) mass is 531 g/mol. The van der Waals surface area contributed by atoms with E-state index in [-0.39, 0.29) is 50.4 Å². The standard InChI is InChI=1S/C24H38FN3O7S/c1-18(15-29)11-12-24(19-9-7-8-10-20(19)25)16-36(31,32)27(5)21(26-24)28(17-34-14-13-33-6)22(30)35-23(2,3)4/h7-10,18,29H,11-17H2,1-6H3. The Bertz CT molecular complexity index is 1030. The van der Waals surface area contributed by atoms with Gasteiger partial charge in [0.25, 0.3) is 0 Å². The summed E-state index contributed by atoms with van der Waals surface area (Å²) >= 11 is 0. The zero-order valence-corrected chi connectivity index (χ0v) is 22.7. The molecular formula is C24H38FN3O7S. The second-order valence-electron chi connectivity index (χ2n) is 9.91. The largest absolute Gasteiger partial charge is 0.443 e.